The van der Waals surface area contributed by atoms with Gasteiger partial charge >= 0.3 is 29.6 Å². The molecule has 4 aromatic rings. The van der Waals surface area contributed by atoms with Crippen LogP contribution < -0.4 is 44.7 Å². The molecule has 0 atom stereocenters. The van der Waals surface area contributed by atoms with Crippen molar-refractivity contribution in [2.75, 3.05) is 11.9 Å². The molecule has 0 aliphatic rings. The van der Waals surface area contributed by atoms with Gasteiger partial charge in [0.1, 0.15) is 10.6 Å². The number of benzene rings is 4. The van der Waals surface area contributed by atoms with Gasteiger partial charge in [-0.1, -0.05) is 59.3 Å². The number of amides is 1. The normalized spacial score (nSPS) is 11.4. The number of ether oxygens (including phenoxy) is 1. The molecule has 196 valence electrons. The van der Waals surface area contributed by atoms with Gasteiger partial charge in [-0.05, 0) is 55.1 Å². The zero-order chi connectivity index (χ0) is 27.6. The van der Waals surface area contributed by atoms with Crippen LogP contribution in [0.2, 0.25) is 10.0 Å². The number of halogens is 2. The number of hydrogen-bond acceptors (Lipinski definition) is 7. The van der Waals surface area contributed by atoms with Crippen molar-refractivity contribution in [2.24, 2.45) is 10.2 Å². The van der Waals surface area contributed by atoms with Crippen molar-refractivity contribution < 1.29 is 57.2 Å². The van der Waals surface area contributed by atoms with E-state index in [2.05, 4.69) is 15.5 Å². The van der Waals surface area contributed by atoms with Crippen molar-refractivity contribution >= 4 is 67.1 Å². The number of nitrogens with one attached hydrogen (secondary N) is 1. The molecule has 0 radical (unpaired) electrons. The molecule has 0 spiro atoms. The van der Waals surface area contributed by atoms with E-state index in [-0.39, 0.29) is 73.5 Å². The molecule has 0 saturated carbocycles. The Morgan fingerprint density at radius 3 is 2.46 bits per heavy atom. The fourth-order valence-electron chi connectivity index (χ4n) is 3.83. The van der Waals surface area contributed by atoms with Crippen LogP contribution >= 0.6 is 23.2 Å². The Kier molecular flexibility index (Phi) is 10.0. The number of carbonyl (C=O) groups excluding carboxylic acids is 1. The topological polar surface area (TPSA) is 140 Å². The molecule has 4 aromatic carbocycles. The zero-order valence-corrected chi connectivity index (χ0v) is 25.4. The number of hydrogen-bond donors (Lipinski definition) is 2. The third-order valence-electron chi connectivity index (χ3n) is 5.56. The van der Waals surface area contributed by atoms with Gasteiger partial charge in [-0.25, -0.2) is 0 Å². The van der Waals surface area contributed by atoms with Crippen LogP contribution in [0.1, 0.15) is 22.8 Å². The summed E-state index contributed by atoms with van der Waals surface area (Å²) in [6, 6.07) is 15.6. The first-order valence-corrected chi connectivity index (χ1v) is 13.4. The Balaban J connectivity index is 0.00000420. The summed E-state index contributed by atoms with van der Waals surface area (Å²) in [7, 11) is -4.72. The molecule has 0 heterocycles. The van der Waals surface area contributed by atoms with Crippen molar-refractivity contribution in [1.29, 1.82) is 0 Å². The van der Waals surface area contributed by atoms with Crippen molar-refractivity contribution in [1.82, 2.24) is 0 Å². The summed E-state index contributed by atoms with van der Waals surface area (Å²) in [6.07, 6.45) is 0. The molecule has 39 heavy (non-hydrogen) atoms. The zero-order valence-electron chi connectivity index (χ0n) is 21.0. The Morgan fingerprint density at radius 1 is 1.05 bits per heavy atom. The molecular weight excluding hydrogens is 576 g/mol. The molecule has 0 aromatic heterocycles. The van der Waals surface area contributed by atoms with Crippen molar-refractivity contribution in [3.8, 4) is 11.5 Å². The smallest absolute Gasteiger partial charge is 0.870 e. The number of rotatable bonds is 7. The second-order valence-electron chi connectivity index (χ2n) is 8.02. The van der Waals surface area contributed by atoms with Crippen molar-refractivity contribution in [2.45, 2.75) is 18.7 Å². The summed E-state index contributed by atoms with van der Waals surface area (Å²) in [5, 5.41) is 25.4. The van der Waals surface area contributed by atoms with Gasteiger partial charge in [-0.3, -0.25) is 9.35 Å². The maximum atomic E-state index is 13.5. The number of fused-ring (bicyclic) bond motifs is 1. The number of azo groups is 1. The molecule has 0 aliphatic carbocycles. The number of carbonyl (C=O) groups is 1. The predicted molar refractivity (Wildman–Crippen MR) is 144 cm³/mol. The monoisotopic (exact) mass is 595 g/mol. The van der Waals surface area contributed by atoms with Crippen LogP contribution in [0.15, 0.2) is 75.8 Å². The summed E-state index contributed by atoms with van der Waals surface area (Å²) in [5.74, 6) is -1.22. The van der Waals surface area contributed by atoms with Crippen LogP contribution in [0.25, 0.3) is 10.8 Å². The van der Waals surface area contributed by atoms with Crippen molar-refractivity contribution in [3.63, 3.8) is 0 Å². The molecule has 0 fully saturated rings. The minimum absolute atomic E-state index is 0. The van der Waals surface area contributed by atoms with E-state index in [0.717, 1.165) is 0 Å². The summed E-state index contributed by atoms with van der Waals surface area (Å²) in [4.78, 5) is 12.7. The molecule has 13 heteroatoms. The van der Waals surface area contributed by atoms with Gasteiger partial charge in [0, 0.05) is 16.0 Å². The minimum atomic E-state index is -4.72. The van der Waals surface area contributed by atoms with Crippen LogP contribution in [-0.2, 0) is 10.1 Å². The summed E-state index contributed by atoms with van der Waals surface area (Å²) < 4.78 is 39.2. The second-order valence-corrected chi connectivity index (χ2v) is 10.2. The first kappa shape index (κ1) is 30.8. The van der Waals surface area contributed by atoms with E-state index in [0.29, 0.717) is 17.4 Å². The number of nitrogens with zero attached hydrogens (tertiary/aromatic N) is 2. The molecule has 0 saturated heterocycles. The van der Waals surface area contributed by atoms with E-state index in [1.165, 1.54) is 25.1 Å². The summed E-state index contributed by atoms with van der Waals surface area (Å²) in [5.41, 5.74) is -0.319. The van der Waals surface area contributed by atoms with Gasteiger partial charge in [0.2, 0.25) is 0 Å². The Labute approximate surface area is 256 Å². The Hall–Kier alpha value is -2.70. The Bertz CT molecular complexity index is 1710. The number of para-hydroxylation sites is 1. The van der Waals surface area contributed by atoms with Crippen LogP contribution in [0.4, 0.5) is 17.1 Å². The number of anilines is 1. The van der Waals surface area contributed by atoms with Crippen LogP contribution in [0, 0.1) is 6.92 Å². The van der Waals surface area contributed by atoms with Crippen LogP contribution in [0.5, 0.6) is 11.5 Å². The molecule has 9 nitrogen and oxygen atoms in total. The average molecular weight is 596 g/mol. The van der Waals surface area contributed by atoms with E-state index in [1.807, 2.05) is 0 Å². The van der Waals surface area contributed by atoms with Gasteiger partial charge < -0.3 is 15.2 Å². The van der Waals surface area contributed by atoms with Gasteiger partial charge in [0.05, 0.1) is 23.0 Å². The van der Waals surface area contributed by atoms with Crippen LogP contribution in [0.3, 0.4) is 0 Å². The predicted octanol–water partition coefficient (Wildman–Crippen LogP) is 3.85. The molecule has 0 unspecified atom stereocenters. The van der Waals surface area contributed by atoms with Crippen molar-refractivity contribution in [3.05, 3.63) is 81.8 Å². The maximum Gasteiger partial charge on any atom is 1.00 e. The van der Waals surface area contributed by atoms with Gasteiger partial charge in [-0.15, -0.1) is 5.11 Å². The molecule has 4 rings (SSSR count). The molecule has 0 aliphatic heterocycles. The fourth-order valence-corrected chi connectivity index (χ4v) is 5.14. The molecule has 0 bridgehead atoms. The first-order valence-electron chi connectivity index (χ1n) is 11.2. The quantitative estimate of drug-likeness (QED) is 0.189. The average Bonchev–Trinajstić information content (AvgIpc) is 2.86. The third kappa shape index (κ3) is 6.55. The molecule has 2 N–H and O–H groups in total. The second kappa shape index (κ2) is 12.6. The largest absolute Gasteiger partial charge is 1.00 e. The molecule has 1 amide bonds. The van der Waals surface area contributed by atoms with E-state index >= 15 is 0 Å². The minimum Gasteiger partial charge on any atom is -0.870 e. The third-order valence-corrected chi connectivity index (χ3v) is 7.30. The van der Waals surface area contributed by atoms with Gasteiger partial charge in [0.25, 0.3) is 16.0 Å². The molecular formula is C26H20Cl2N3NaO6S. The van der Waals surface area contributed by atoms with Gasteiger partial charge in [0.15, 0.2) is 5.75 Å². The first-order chi connectivity index (χ1) is 18.0. The fraction of sp³-hybridized carbons (Fsp3) is 0.115. The van der Waals surface area contributed by atoms with E-state index in [4.69, 9.17) is 27.9 Å². The summed E-state index contributed by atoms with van der Waals surface area (Å²) in [6.45, 7) is 3.47. The maximum absolute atomic E-state index is 13.5. The summed E-state index contributed by atoms with van der Waals surface area (Å²) >= 11 is 12.2. The van der Waals surface area contributed by atoms with E-state index in [1.54, 1.807) is 49.4 Å². The standard InChI is InChI=1S/C26H21Cl2N3O6S.Na/c1-3-37-24-19(28)9-6-10-20(24)29-26(33)17-13-15-7-4-5-8-16(15)22(23(17)32)31-30-21-12-11-18(27)14(2)25(21)38(34,35)36;/h4-13,32H,3H2,1-2H3,(H,29,33)(H,34,35,36);/q;+1/p-1. The van der Waals surface area contributed by atoms with E-state index in [9.17, 15) is 22.9 Å². The van der Waals surface area contributed by atoms with Crippen LogP contribution in [-0.4, -0.2) is 25.5 Å². The SMILES string of the molecule is CCOc1c(Cl)cccc1NC(=O)c1cc2ccccc2c(N=Nc2ccc(Cl)c(C)c2S(=O)(=O)O)c1[O-].[Na+]. The Morgan fingerprint density at radius 2 is 1.77 bits per heavy atom. The van der Waals surface area contributed by atoms with Gasteiger partial charge in [-0.2, -0.15) is 13.5 Å². The van der Waals surface area contributed by atoms with E-state index < -0.39 is 26.7 Å².